The number of rotatable bonds is 7. The molecule has 0 atom stereocenters. The van der Waals surface area contributed by atoms with Crippen molar-refractivity contribution in [2.24, 2.45) is 0 Å². The van der Waals surface area contributed by atoms with Crippen LogP contribution in [0.15, 0.2) is 18.2 Å². The summed E-state index contributed by atoms with van der Waals surface area (Å²) in [6.45, 7) is 2.76. The molecule has 0 aromatic heterocycles. The number of nitrogens with one attached hydrogen (secondary N) is 1. The highest BCUT2D eigenvalue weighted by atomic mass is 16.5. The fourth-order valence-electron chi connectivity index (χ4n) is 1.58. The minimum atomic E-state index is -0.234. The second-order valence-electron chi connectivity index (χ2n) is 4.42. The average molecular weight is 291 g/mol. The minimum Gasteiger partial charge on any atom is -0.395 e. The van der Waals surface area contributed by atoms with Crippen molar-refractivity contribution < 1.29 is 19.4 Å². The SMILES string of the molecule is COCCOCC(=O)Nc1cc(C)ccc1C#CCCO. The van der Waals surface area contributed by atoms with Gasteiger partial charge in [0.15, 0.2) is 0 Å². The summed E-state index contributed by atoms with van der Waals surface area (Å²) in [5.41, 5.74) is 2.40. The number of anilines is 1. The van der Waals surface area contributed by atoms with Gasteiger partial charge in [0.05, 0.1) is 25.5 Å². The topological polar surface area (TPSA) is 67.8 Å². The Labute approximate surface area is 125 Å². The molecule has 0 spiro atoms. The van der Waals surface area contributed by atoms with E-state index in [0.717, 1.165) is 11.1 Å². The zero-order valence-electron chi connectivity index (χ0n) is 12.4. The van der Waals surface area contributed by atoms with E-state index in [1.54, 1.807) is 7.11 Å². The number of hydrogen-bond donors (Lipinski definition) is 2. The number of methoxy groups -OCH3 is 1. The van der Waals surface area contributed by atoms with E-state index in [1.807, 2.05) is 25.1 Å². The maximum Gasteiger partial charge on any atom is 0.250 e. The molecule has 114 valence electrons. The molecular weight excluding hydrogens is 270 g/mol. The summed E-state index contributed by atoms with van der Waals surface area (Å²) in [7, 11) is 1.58. The summed E-state index contributed by atoms with van der Waals surface area (Å²) in [6.07, 6.45) is 0.404. The van der Waals surface area contributed by atoms with Gasteiger partial charge in [-0.1, -0.05) is 17.9 Å². The molecule has 0 aliphatic rings. The van der Waals surface area contributed by atoms with E-state index in [4.69, 9.17) is 14.6 Å². The third kappa shape index (κ3) is 6.91. The highest BCUT2D eigenvalue weighted by molar-refractivity contribution is 5.93. The highest BCUT2D eigenvalue weighted by Gasteiger charge is 2.06. The lowest BCUT2D eigenvalue weighted by Gasteiger charge is -2.09. The smallest absolute Gasteiger partial charge is 0.250 e. The molecule has 0 heterocycles. The summed E-state index contributed by atoms with van der Waals surface area (Å²) in [4.78, 5) is 11.8. The Morgan fingerprint density at radius 2 is 2.19 bits per heavy atom. The number of aliphatic hydroxyl groups is 1. The maximum atomic E-state index is 11.8. The quantitative estimate of drug-likeness (QED) is 0.587. The van der Waals surface area contributed by atoms with Crippen molar-refractivity contribution in [2.45, 2.75) is 13.3 Å². The van der Waals surface area contributed by atoms with Crippen LogP contribution in [0.5, 0.6) is 0 Å². The van der Waals surface area contributed by atoms with E-state index in [2.05, 4.69) is 17.2 Å². The molecule has 0 fully saturated rings. The van der Waals surface area contributed by atoms with Gasteiger partial charge < -0.3 is 19.9 Å². The van der Waals surface area contributed by atoms with Gasteiger partial charge >= 0.3 is 0 Å². The Morgan fingerprint density at radius 1 is 1.38 bits per heavy atom. The van der Waals surface area contributed by atoms with Gasteiger partial charge in [0.2, 0.25) is 5.91 Å². The summed E-state index contributed by atoms with van der Waals surface area (Å²) in [6, 6.07) is 5.63. The van der Waals surface area contributed by atoms with Gasteiger partial charge in [-0.2, -0.15) is 0 Å². The molecule has 0 saturated carbocycles. The molecule has 21 heavy (non-hydrogen) atoms. The van der Waals surface area contributed by atoms with Crippen molar-refractivity contribution in [2.75, 3.05) is 38.9 Å². The van der Waals surface area contributed by atoms with Gasteiger partial charge in [0.1, 0.15) is 6.61 Å². The fourth-order valence-corrected chi connectivity index (χ4v) is 1.58. The number of ether oxygens (including phenoxy) is 2. The van der Waals surface area contributed by atoms with Gasteiger partial charge in [-0.15, -0.1) is 0 Å². The standard InChI is InChI=1S/C16H21NO4/c1-13-6-7-14(5-3-4-8-18)15(11-13)17-16(19)12-21-10-9-20-2/h6-7,11,18H,4,8-10,12H2,1-2H3,(H,17,19). The van der Waals surface area contributed by atoms with Crippen molar-refractivity contribution in [3.63, 3.8) is 0 Å². The molecule has 1 amide bonds. The Balaban J connectivity index is 2.66. The predicted octanol–water partition coefficient (Wildman–Crippen LogP) is 1.33. The number of carbonyl (C=O) groups is 1. The lowest BCUT2D eigenvalue weighted by Crippen LogP contribution is -2.20. The molecule has 0 aliphatic heterocycles. The molecule has 1 aromatic rings. The molecule has 1 aromatic carbocycles. The number of amides is 1. The van der Waals surface area contributed by atoms with Crippen LogP contribution < -0.4 is 5.32 Å². The van der Waals surface area contributed by atoms with Crippen LogP contribution in [0.25, 0.3) is 0 Å². The predicted molar refractivity (Wildman–Crippen MR) is 81.1 cm³/mol. The van der Waals surface area contributed by atoms with Crippen LogP contribution in [0.3, 0.4) is 0 Å². The van der Waals surface area contributed by atoms with Crippen LogP contribution in [0, 0.1) is 18.8 Å². The highest BCUT2D eigenvalue weighted by Crippen LogP contribution is 2.16. The van der Waals surface area contributed by atoms with Crippen LogP contribution in [0.4, 0.5) is 5.69 Å². The van der Waals surface area contributed by atoms with E-state index >= 15 is 0 Å². The van der Waals surface area contributed by atoms with Crippen molar-refractivity contribution in [1.29, 1.82) is 0 Å². The van der Waals surface area contributed by atoms with E-state index in [0.29, 0.717) is 25.3 Å². The largest absolute Gasteiger partial charge is 0.395 e. The third-order valence-corrected chi connectivity index (χ3v) is 2.57. The van der Waals surface area contributed by atoms with Crippen LogP contribution in [0.2, 0.25) is 0 Å². The Morgan fingerprint density at radius 3 is 2.90 bits per heavy atom. The van der Waals surface area contributed by atoms with Gasteiger partial charge in [0.25, 0.3) is 0 Å². The van der Waals surface area contributed by atoms with E-state index in [9.17, 15) is 4.79 Å². The second kappa shape index (κ2) is 9.94. The second-order valence-corrected chi connectivity index (χ2v) is 4.42. The van der Waals surface area contributed by atoms with E-state index in [-0.39, 0.29) is 19.1 Å². The first-order valence-corrected chi connectivity index (χ1v) is 6.74. The fraction of sp³-hybridized carbons (Fsp3) is 0.438. The van der Waals surface area contributed by atoms with Crippen molar-refractivity contribution in [3.8, 4) is 11.8 Å². The first-order chi connectivity index (χ1) is 10.2. The normalized spacial score (nSPS) is 9.86. The molecule has 5 heteroatoms. The first kappa shape index (κ1) is 17.2. The van der Waals surface area contributed by atoms with Gasteiger partial charge in [0, 0.05) is 19.1 Å². The van der Waals surface area contributed by atoms with Crippen molar-refractivity contribution in [1.82, 2.24) is 0 Å². The Kier molecular flexibility index (Phi) is 8.14. The molecule has 0 radical (unpaired) electrons. The van der Waals surface area contributed by atoms with E-state index in [1.165, 1.54) is 0 Å². The first-order valence-electron chi connectivity index (χ1n) is 6.74. The van der Waals surface area contributed by atoms with Crippen LogP contribution in [-0.2, 0) is 14.3 Å². The molecule has 5 nitrogen and oxygen atoms in total. The number of hydrogen-bond acceptors (Lipinski definition) is 4. The van der Waals surface area contributed by atoms with Gasteiger partial charge in [-0.3, -0.25) is 4.79 Å². The Bertz CT molecular complexity index is 517. The number of carbonyl (C=O) groups excluding carboxylic acids is 1. The van der Waals surface area contributed by atoms with Crippen LogP contribution in [-0.4, -0.2) is 44.6 Å². The lowest BCUT2D eigenvalue weighted by atomic mass is 10.1. The van der Waals surface area contributed by atoms with Crippen molar-refractivity contribution >= 4 is 11.6 Å². The summed E-state index contributed by atoms with van der Waals surface area (Å²) >= 11 is 0. The van der Waals surface area contributed by atoms with Crippen LogP contribution >= 0.6 is 0 Å². The Hall–Kier alpha value is -1.87. The molecular formula is C16H21NO4. The monoisotopic (exact) mass is 291 g/mol. The molecule has 0 unspecified atom stereocenters. The number of aryl methyl sites for hydroxylation is 1. The van der Waals surface area contributed by atoms with Gasteiger partial charge in [-0.25, -0.2) is 0 Å². The third-order valence-electron chi connectivity index (χ3n) is 2.57. The summed E-state index contributed by atoms with van der Waals surface area (Å²) in [5, 5.41) is 11.5. The summed E-state index contributed by atoms with van der Waals surface area (Å²) in [5.74, 6) is 5.55. The van der Waals surface area contributed by atoms with Crippen LogP contribution in [0.1, 0.15) is 17.5 Å². The molecule has 0 aliphatic carbocycles. The van der Waals surface area contributed by atoms with Gasteiger partial charge in [-0.05, 0) is 24.6 Å². The number of benzene rings is 1. The molecule has 1 rings (SSSR count). The molecule has 2 N–H and O–H groups in total. The summed E-state index contributed by atoms with van der Waals surface area (Å²) < 4.78 is 10.0. The maximum absolute atomic E-state index is 11.8. The molecule has 0 saturated heterocycles. The zero-order chi connectivity index (χ0) is 15.5. The lowest BCUT2D eigenvalue weighted by molar-refractivity contribution is -0.121. The molecule has 0 bridgehead atoms. The zero-order valence-corrected chi connectivity index (χ0v) is 12.4. The van der Waals surface area contributed by atoms with E-state index < -0.39 is 0 Å². The average Bonchev–Trinajstić information content (AvgIpc) is 2.46. The van der Waals surface area contributed by atoms with Crippen molar-refractivity contribution in [3.05, 3.63) is 29.3 Å². The minimum absolute atomic E-state index is 0.0217. The number of aliphatic hydroxyl groups excluding tert-OH is 1.